The van der Waals surface area contributed by atoms with E-state index in [1.165, 1.54) is 84.8 Å². The van der Waals surface area contributed by atoms with E-state index < -0.39 is 0 Å². The van der Waals surface area contributed by atoms with Gasteiger partial charge in [0, 0.05) is 53.1 Å². The molecule has 4 nitrogen and oxygen atoms in total. The maximum absolute atomic E-state index is 5.50. The predicted octanol–water partition coefficient (Wildman–Crippen LogP) is 8.49. The number of ether oxygens (including phenoxy) is 4. The molecule has 2 aromatic rings. The fraction of sp³-hybridized carbons (Fsp3) is 0.529. The zero-order chi connectivity index (χ0) is 26.7. The number of unbranched alkanes of at least 4 members (excludes halogenated alkanes) is 5. The molecule has 0 saturated carbocycles. The van der Waals surface area contributed by atoms with Crippen LogP contribution >= 0.6 is 0 Å². The lowest BCUT2D eigenvalue weighted by atomic mass is 9.88. The average molecular weight is 519 g/mol. The number of benzene rings is 2. The third-order valence-corrected chi connectivity index (χ3v) is 8.41. The molecule has 0 aromatic heterocycles. The molecule has 2 aliphatic rings. The van der Waals surface area contributed by atoms with E-state index in [0.717, 1.165) is 12.8 Å². The van der Waals surface area contributed by atoms with E-state index in [9.17, 15) is 0 Å². The van der Waals surface area contributed by atoms with Crippen molar-refractivity contribution in [3.05, 3.63) is 81.9 Å². The standard InChI is InChI=1S/C34H46O4/c1-35-33(36-2)23-27-21-25-15-11-13-19-29(25)31(27)17-9-7-5-6-8-10-18-32-28(24-34(37-3)38-4)22-26-16-12-14-20-30(26)32/h11-16,19-22,31-34H,5-10,17-18,23-24H2,1-4H3. The minimum Gasteiger partial charge on any atom is -0.356 e. The van der Waals surface area contributed by atoms with Gasteiger partial charge in [0.05, 0.1) is 0 Å². The van der Waals surface area contributed by atoms with E-state index in [0.29, 0.717) is 11.8 Å². The molecule has 0 saturated heterocycles. The van der Waals surface area contributed by atoms with E-state index in [4.69, 9.17) is 18.9 Å². The molecule has 2 atom stereocenters. The number of fused-ring (bicyclic) bond motifs is 2. The molecule has 38 heavy (non-hydrogen) atoms. The van der Waals surface area contributed by atoms with Gasteiger partial charge in [0.1, 0.15) is 0 Å². The Kier molecular flexibility index (Phi) is 11.2. The van der Waals surface area contributed by atoms with Gasteiger partial charge in [-0.3, -0.25) is 0 Å². The largest absolute Gasteiger partial charge is 0.356 e. The molecule has 0 N–H and O–H groups in total. The first-order chi connectivity index (χ1) is 18.7. The van der Waals surface area contributed by atoms with Crippen molar-refractivity contribution in [3.63, 3.8) is 0 Å². The Bertz CT molecular complexity index is 978. The van der Waals surface area contributed by atoms with Crippen molar-refractivity contribution in [2.75, 3.05) is 28.4 Å². The fourth-order valence-electron chi connectivity index (χ4n) is 6.32. The van der Waals surface area contributed by atoms with Gasteiger partial charge in [-0.2, -0.15) is 0 Å². The normalized spacial score (nSPS) is 18.2. The van der Waals surface area contributed by atoms with Crippen molar-refractivity contribution < 1.29 is 18.9 Å². The molecule has 2 aliphatic carbocycles. The zero-order valence-electron chi connectivity index (χ0n) is 23.8. The Morgan fingerprint density at radius 1 is 0.526 bits per heavy atom. The molecule has 0 fully saturated rings. The number of hydrogen-bond acceptors (Lipinski definition) is 4. The first-order valence-electron chi connectivity index (χ1n) is 14.4. The molecule has 4 heteroatoms. The van der Waals surface area contributed by atoms with Crippen LogP contribution in [0.4, 0.5) is 0 Å². The summed E-state index contributed by atoms with van der Waals surface area (Å²) in [6, 6.07) is 17.7. The van der Waals surface area contributed by atoms with E-state index >= 15 is 0 Å². The molecule has 0 aliphatic heterocycles. The van der Waals surface area contributed by atoms with E-state index in [1.54, 1.807) is 28.4 Å². The van der Waals surface area contributed by atoms with Crippen LogP contribution in [-0.2, 0) is 18.9 Å². The Balaban J connectivity index is 1.19. The average Bonchev–Trinajstić information content (AvgIpc) is 3.48. The van der Waals surface area contributed by atoms with Crippen molar-refractivity contribution in [1.82, 2.24) is 0 Å². The van der Waals surface area contributed by atoms with Crippen molar-refractivity contribution in [1.29, 1.82) is 0 Å². The van der Waals surface area contributed by atoms with E-state index in [2.05, 4.69) is 60.7 Å². The summed E-state index contributed by atoms with van der Waals surface area (Å²) < 4.78 is 22.0. The summed E-state index contributed by atoms with van der Waals surface area (Å²) in [7, 11) is 6.91. The zero-order valence-corrected chi connectivity index (χ0v) is 23.8. The smallest absolute Gasteiger partial charge is 0.160 e. The number of rotatable bonds is 17. The second-order valence-electron chi connectivity index (χ2n) is 10.7. The van der Waals surface area contributed by atoms with Crippen molar-refractivity contribution in [2.24, 2.45) is 0 Å². The van der Waals surface area contributed by atoms with E-state index in [1.807, 2.05) is 0 Å². The minimum atomic E-state index is -0.171. The first kappa shape index (κ1) is 28.8. The number of methoxy groups -OCH3 is 4. The van der Waals surface area contributed by atoms with E-state index in [-0.39, 0.29) is 12.6 Å². The fourth-order valence-corrected chi connectivity index (χ4v) is 6.32. The van der Waals surface area contributed by atoms with Gasteiger partial charge in [-0.1, -0.05) is 110 Å². The minimum absolute atomic E-state index is 0.171. The predicted molar refractivity (Wildman–Crippen MR) is 156 cm³/mol. The van der Waals surface area contributed by atoms with Gasteiger partial charge in [0.15, 0.2) is 12.6 Å². The highest BCUT2D eigenvalue weighted by Crippen LogP contribution is 2.43. The molecular formula is C34H46O4. The molecule has 0 bridgehead atoms. The van der Waals surface area contributed by atoms with Crippen LogP contribution in [0, 0.1) is 0 Å². The Morgan fingerprint density at radius 3 is 1.29 bits per heavy atom. The SMILES string of the molecule is COC(CC1=Cc2ccccc2C1CCCCCCCCC1C(CC(OC)OC)=Cc2ccccc21)OC. The van der Waals surface area contributed by atoms with Gasteiger partial charge >= 0.3 is 0 Å². The van der Waals surface area contributed by atoms with Gasteiger partial charge in [0.2, 0.25) is 0 Å². The van der Waals surface area contributed by atoms with Crippen LogP contribution in [0.2, 0.25) is 0 Å². The molecule has 2 unspecified atom stereocenters. The summed E-state index contributed by atoms with van der Waals surface area (Å²) in [6.07, 6.45) is 16.2. The summed E-state index contributed by atoms with van der Waals surface area (Å²) in [5.74, 6) is 0.990. The molecule has 4 rings (SSSR count). The highest BCUT2D eigenvalue weighted by Gasteiger charge is 2.27. The van der Waals surface area contributed by atoms with Gasteiger partial charge < -0.3 is 18.9 Å². The summed E-state index contributed by atoms with van der Waals surface area (Å²) >= 11 is 0. The van der Waals surface area contributed by atoms with Crippen LogP contribution < -0.4 is 0 Å². The highest BCUT2D eigenvalue weighted by atomic mass is 16.7. The first-order valence-corrected chi connectivity index (χ1v) is 14.4. The quantitative estimate of drug-likeness (QED) is 0.155. The van der Waals surface area contributed by atoms with Crippen molar-refractivity contribution in [3.8, 4) is 0 Å². The van der Waals surface area contributed by atoms with Crippen LogP contribution in [0.25, 0.3) is 12.2 Å². The van der Waals surface area contributed by atoms with Crippen LogP contribution in [0.1, 0.15) is 98.3 Å². The molecule has 0 heterocycles. The summed E-state index contributed by atoms with van der Waals surface area (Å²) in [4.78, 5) is 0. The molecule has 0 radical (unpaired) electrons. The third-order valence-electron chi connectivity index (χ3n) is 8.41. The topological polar surface area (TPSA) is 36.9 Å². The lowest BCUT2D eigenvalue weighted by Crippen LogP contribution is -2.15. The van der Waals surface area contributed by atoms with Crippen LogP contribution in [0.5, 0.6) is 0 Å². The Labute approximate surface area is 230 Å². The lowest BCUT2D eigenvalue weighted by Gasteiger charge is -2.21. The molecule has 0 amide bonds. The third kappa shape index (κ3) is 7.24. The highest BCUT2D eigenvalue weighted by molar-refractivity contribution is 5.67. The monoisotopic (exact) mass is 518 g/mol. The summed E-state index contributed by atoms with van der Waals surface area (Å²) in [5.41, 5.74) is 8.57. The molecular weight excluding hydrogens is 472 g/mol. The summed E-state index contributed by atoms with van der Waals surface area (Å²) in [5, 5.41) is 0. The molecule has 0 spiro atoms. The van der Waals surface area contributed by atoms with Crippen LogP contribution in [-0.4, -0.2) is 41.0 Å². The van der Waals surface area contributed by atoms with Crippen molar-refractivity contribution >= 4 is 12.2 Å². The van der Waals surface area contributed by atoms with Crippen LogP contribution in [0.3, 0.4) is 0 Å². The van der Waals surface area contributed by atoms with Gasteiger partial charge in [-0.25, -0.2) is 0 Å². The van der Waals surface area contributed by atoms with Crippen molar-refractivity contribution in [2.45, 2.75) is 88.6 Å². The van der Waals surface area contributed by atoms with Gasteiger partial charge in [0.25, 0.3) is 0 Å². The van der Waals surface area contributed by atoms with Gasteiger partial charge in [-0.05, 0) is 35.1 Å². The maximum atomic E-state index is 5.50. The maximum Gasteiger partial charge on any atom is 0.160 e. The lowest BCUT2D eigenvalue weighted by molar-refractivity contribution is -0.101. The van der Waals surface area contributed by atoms with Crippen LogP contribution in [0.15, 0.2) is 59.7 Å². The summed E-state index contributed by atoms with van der Waals surface area (Å²) in [6.45, 7) is 0. The second-order valence-corrected chi connectivity index (χ2v) is 10.7. The molecule has 2 aromatic carbocycles. The second kappa shape index (κ2) is 14.8. The molecule has 206 valence electrons. The van der Waals surface area contributed by atoms with Gasteiger partial charge in [-0.15, -0.1) is 0 Å². The Hall–Kier alpha value is -2.24. The number of hydrogen-bond donors (Lipinski definition) is 0. The Morgan fingerprint density at radius 2 is 0.895 bits per heavy atom.